The lowest BCUT2D eigenvalue weighted by Gasteiger charge is -2.36. The van der Waals surface area contributed by atoms with Crippen molar-refractivity contribution in [3.8, 4) is 5.75 Å². The van der Waals surface area contributed by atoms with Crippen LogP contribution in [0.15, 0.2) is 36.4 Å². The van der Waals surface area contributed by atoms with Crippen LogP contribution in [0, 0.1) is 16.0 Å². The highest BCUT2D eigenvalue weighted by Crippen LogP contribution is 2.42. The van der Waals surface area contributed by atoms with Gasteiger partial charge in [0.2, 0.25) is 0 Å². The minimum absolute atomic E-state index is 0.106. The Hall–Kier alpha value is -2.64. The summed E-state index contributed by atoms with van der Waals surface area (Å²) in [7, 11) is 0. The third-order valence-electron chi connectivity index (χ3n) is 4.29. The highest BCUT2D eigenvalue weighted by molar-refractivity contribution is 6.42. The summed E-state index contributed by atoms with van der Waals surface area (Å²) in [5.74, 6) is -0.824. The molecule has 0 spiro atoms. The summed E-state index contributed by atoms with van der Waals surface area (Å²) in [6.07, 6.45) is 0.372. The number of rotatable bonds is 4. The van der Waals surface area contributed by atoms with Crippen molar-refractivity contribution in [2.75, 3.05) is 4.90 Å². The van der Waals surface area contributed by atoms with E-state index in [-0.39, 0.29) is 33.0 Å². The first-order valence-corrected chi connectivity index (χ1v) is 9.23. The molecule has 0 fully saturated rings. The molecule has 1 atom stereocenters. The number of fused-ring (bicyclic) bond motifs is 1. The second kappa shape index (κ2) is 7.77. The summed E-state index contributed by atoms with van der Waals surface area (Å²) < 4.78 is 5.38. The largest absolute Gasteiger partial charge is 0.423 e. The van der Waals surface area contributed by atoms with E-state index < -0.39 is 22.8 Å². The van der Waals surface area contributed by atoms with Gasteiger partial charge in [-0.3, -0.25) is 19.8 Å². The van der Waals surface area contributed by atoms with Crippen molar-refractivity contribution in [3.63, 3.8) is 0 Å². The molecule has 146 valence electrons. The molecular weight excluding hydrogens is 407 g/mol. The summed E-state index contributed by atoms with van der Waals surface area (Å²) in [4.78, 5) is 37.5. The van der Waals surface area contributed by atoms with Crippen molar-refractivity contribution in [2.45, 2.75) is 26.3 Å². The van der Waals surface area contributed by atoms with E-state index in [1.807, 2.05) is 13.8 Å². The van der Waals surface area contributed by atoms with Gasteiger partial charge in [-0.2, -0.15) is 0 Å². The van der Waals surface area contributed by atoms with Crippen molar-refractivity contribution in [2.24, 2.45) is 5.92 Å². The predicted molar refractivity (Wildman–Crippen MR) is 105 cm³/mol. The fourth-order valence-electron chi connectivity index (χ4n) is 3.00. The Morgan fingerprint density at radius 2 is 1.82 bits per heavy atom. The van der Waals surface area contributed by atoms with Crippen LogP contribution in [0.25, 0.3) is 0 Å². The van der Waals surface area contributed by atoms with E-state index in [1.54, 1.807) is 0 Å². The first kappa shape index (κ1) is 20.1. The molecule has 1 amide bonds. The van der Waals surface area contributed by atoms with E-state index in [0.717, 1.165) is 0 Å². The van der Waals surface area contributed by atoms with Crippen molar-refractivity contribution >= 4 is 46.5 Å². The van der Waals surface area contributed by atoms with E-state index in [2.05, 4.69) is 0 Å². The number of nitro benzene ring substituents is 1. The number of carbonyl (C=O) groups excluding carboxylic acids is 2. The Labute approximate surface area is 170 Å². The molecule has 0 saturated heterocycles. The van der Waals surface area contributed by atoms with Gasteiger partial charge in [-0.05, 0) is 30.5 Å². The molecule has 2 aromatic rings. The van der Waals surface area contributed by atoms with E-state index in [9.17, 15) is 19.7 Å². The van der Waals surface area contributed by atoms with Crippen LogP contribution in [0.3, 0.4) is 0 Å². The number of hydrogen-bond acceptors (Lipinski definition) is 5. The molecule has 0 saturated carbocycles. The standard InChI is InChI=1S/C19H16Cl2N2O5/c1-10(2)7-16-19(25)28-17-9-14(21)13(20)8-15(17)22(16)18(24)11-3-5-12(6-4-11)23(26)27/h3-6,8-10,16H,7H2,1-2H3/t16-/m1/s1. The molecule has 3 rings (SSSR count). The zero-order chi connectivity index (χ0) is 20.6. The van der Waals surface area contributed by atoms with E-state index in [4.69, 9.17) is 27.9 Å². The van der Waals surface area contributed by atoms with Crippen molar-refractivity contribution in [3.05, 3.63) is 62.1 Å². The molecule has 0 unspecified atom stereocenters. The van der Waals surface area contributed by atoms with E-state index >= 15 is 0 Å². The fourth-order valence-corrected chi connectivity index (χ4v) is 3.31. The van der Waals surface area contributed by atoms with Crippen molar-refractivity contribution < 1.29 is 19.2 Å². The highest BCUT2D eigenvalue weighted by atomic mass is 35.5. The van der Waals surface area contributed by atoms with Crippen LogP contribution in [0.4, 0.5) is 11.4 Å². The lowest BCUT2D eigenvalue weighted by molar-refractivity contribution is -0.384. The Kier molecular flexibility index (Phi) is 5.58. The first-order valence-electron chi connectivity index (χ1n) is 8.47. The van der Waals surface area contributed by atoms with Gasteiger partial charge in [-0.15, -0.1) is 0 Å². The molecule has 7 nitrogen and oxygen atoms in total. The fraction of sp³-hybridized carbons (Fsp3) is 0.263. The quantitative estimate of drug-likeness (QED) is 0.303. The first-order chi connectivity index (χ1) is 13.2. The monoisotopic (exact) mass is 422 g/mol. The maximum Gasteiger partial charge on any atom is 0.334 e. The van der Waals surface area contributed by atoms with Gasteiger partial charge in [0.1, 0.15) is 6.04 Å². The summed E-state index contributed by atoms with van der Waals surface area (Å²) in [6.45, 7) is 3.85. The van der Waals surface area contributed by atoms with E-state index in [0.29, 0.717) is 12.1 Å². The second-order valence-corrected chi connectivity index (χ2v) is 7.59. The lowest BCUT2D eigenvalue weighted by Crippen LogP contribution is -2.50. The highest BCUT2D eigenvalue weighted by Gasteiger charge is 2.40. The number of amides is 1. The van der Waals surface area contributed by atoms with Gasteiger partial charge in [-0.25, -0.2) is 4.79 Å². The molecule has 1 aliphatic rings. The van der Waals surface area contributed by atoms with Crippen molar-refractivity contribution in [1.29, 1.82) is 0 Å². The van der Waals surface area contributed by atoms with Crippen LogP contribution in [-0.4, -0.2) is 22.8 Å². The van der Waals surface area contributed by atoms with Crippen LogP contribution in [-0.2, 0) is 4.79 Å². The third-order valence-corrected chi connectivity index (χ3v) is 5.02. The average Bonchev–Trinajstić information content (AvgIpc) is 2.63. The third kappa shape index (κ3) is 3.81. The van der Waals surface area contributed by atoms with Gasteiger partial charge in [0, 0.05) is 23.8 Å². The van der Waals surface area contributed by atoms with Crippen LogP contribution in [0.2, 0.25) is 10.0 Å². The number of halogens is 2. The van der Waals surface area contributed by atoms with Crippen LogP contribution >= 0.6 is 23.2 Å². The minimum atomic E-state index is -0.854. The van der Waals surface area contributed by atoms with Gasteiger partial charge >= 0.3 is 5.97 Å². The van der Waals surface area contributed by atoms with Gasteiger partial charge in [-0.1, -0.05) is 37.0 Å². The Balaban J connectivity index is 2.10. The summed E-state index contributed by atoms with van der Waals surface area (Å²) in [5, 5.41) is 11.3. The molecule has 28 heavy (non-hydrogen) atoms. The lowest BCUT2D eigenvalue weighted by atomic mass is 9.99. The molecule has 1 heterocycles. The topological polar surface area (TPSA) is 89.8 Å². The van der Waals surface area contributed by atoms with Crippen LogP contribution in [0.5, 0.6) is 5.75 Å². The normalized spacial score (nSPS) is 16.0. The van der Waals surface area contributed by atoms with E-state index in [1.165, 1.54) is 41.3 Å². The molecule has 0 aliphatic carbocycles. The van der Waals surface area contributed by atoms with Crippen LogP contribution in [0.1, 0.15) is 30.6 Å². The molecular formula is C19H16Cl2N2O5. The number of nitrogens with zero attached hydrogens (tertiary/aromatic N) is 2. The Morgan fingerprint density at radius 3 is 2.39 bits per heavy atom. The molecule has 0 aromatic heterocycles. The number of hydrogen-bond donors (Lipinski definition) is 0. The Bertz CT molecular complexity index is 960. The summed E-state index contributed by atoms with van der Waals surface area (Å²) >= 11 is 12.1. The molecule has 9 heteroatoms. The smallest absolute Gasteiger partial charge is 0.334 e. The maximum atomic E-state index is 13.2. The molecule has 1 aliphatic heterocycles. The summed E-state index contributed by atoms with van der Waals surface area (Å²) in [6, 6.07) is 7.19. The summed E-state index contributed by atoms with van der Waals surface area (Å²) in [5.41, 5.74) is 0.387. The SMILES string of the molecule is CC(C)C[C@@H]1C(=O)Oc2cc(Cl)c(Cl)cc2N1C(=O)c1ccc([N+](=O)[O-])cc1. The second-order valence-electron chi connectivity index (χ2n) is 6.78. The molecule has 2 aromatic carbocycles. The number of nitro groups is 1. The van der Waals surface area contributed by atoms with Crippen LogP contribution < -0.4 is 9.64 Å². The zero-order valence-corrected chi connectivity index (χ0v) is 16.5. The number of benzene rings is 2. The average molecular weight is 423 g/mol. The Morgan fingerprint density at radius 1 is 1.21 bits per heavy atom. The van der Waals surface area contributed by atoms with Crippen molar-refractivity contribution in [1.82, 2.24) is 0 Å². The number of esters is 1. The number of ether oxygens (including phenoxy) is 1. The number of carbonyl (C=O) groups is 2. The van der Waals surface area contributed by atoms with Gasteiger partial charge < -0.3 is 4.74 Å². The zero-order valence-electron chi connectivity index (χ0n) is 15.0. The molecule has 0 N–H and O–H groups in total. The number of non-ortho nitro benzene ring substituents is 1. The maximum absolute atomic E-state index is 13.2. The molecule has 0 radical (unpaired) electrons. The number of anilines is 1. The van der Waals surface area contributed by atoms with Gasteiger partial charge in [0.15, 0.2) is 5.75 Å². The van der Waals surface area contributed by atoms with Gasteiger partial charge in [0.25, 0.3) is 11.6 Å². The molecule has 0 bridgehead atoms. The minimum Gasteiger partial charge on any atom is -0.423 e. The van der Waals surface area contributed by atoms with Gasteiger partial charge in [0.05, 0.1) is 20.7 Å². The predicted octanol–water partition coefficient (Wildman–Crippen LogP) is 4.88.